The third-order valence-corrected chi connectivity index (χ3v) is 3.71. The van der Waals surface area contributed by atoms with Crippen molar-refractivity contribution < 1.29 is 0 Å². The largest absolute Gasteiger partial charge is 0.383 e. The molecule has 0 bridgehead atoms. The van der Waals surface area contributed by atoms with E-state index in [0.29, 0.717) is 18.8 Å². The maximum absolute atomic E-state index is 11.8. The summed E-state index contributed by atoms with van der Waals surface area (Å²) >= 11 is 1.84. The second-order valence-corrected chi connectivity index (χ2v) is 5.64. The van der Waals surface area contributed by atoms with Gasteiger partial charge >= 0.3 is 5.69 Å². The highest BCUT2D eigenvalue weighted by molar-refractivity contribution is 7.98. The Labute approximate surface area is 123 Å². The molecule has 4 N–H and O–H groups in total. The van der Waals surface area contributed by atoms with Crippen molar-refractivity contribution in [2.24, 2.45) is 0 Å². The summed E-state index contributed by atoms with van der Waals surface area (Å²) in [5.41, 5.74) is 5.33. The summed E-state index contributed by atoms with van der Waals surface area (Å²) in [6, 6.07) is 0. The predicted molar refractivity (Wildman–Crippen MR) is 86.7 cm³/mol. The van der Waals surface area contributed by atoms with Crippen LogP contribution in [0.5, 0.6) is 0 Å². The highest BCUT2D eigenvalue weighted by Crippen LogP contribution is 2.11. The Morgan fingerprint density at radius 2 is 2.05 bits per heavy atom. The van der Waals surface area contributed by atoms with E-state index in [-0.39, 0.29) is 5.82 Å². The first-order valence-corrected chi connectivity index (χ1v) is 8.36. The zero-order valence-corrected chi connectivity index (χ0v) is 13.0. The average Bonchev–Trinajstić information content (AvgIpc) is 2.41. The van der Waals surface area contributed by atoms with E-state index >= 15 is 0 Å². The number of nitrogens with one attached hydrogen (secondary N) is 2. The quantitative estimate of drug-likeness (QED) is 0.601. The summed E-state index contributed by atoms with van der Waals surface area (Å²) < 4.78 is 1.40. The van der Waals surface area contributed by atoms with Crippen molar-refractivity contribution in [3.8, 4) is 0 Å². The highest BCUT2D eigenvalue weighted by Gasteiger charge is 2.10. The van der Waals surface area contributed by atoms with Gasteiger partial charge in [0.25, 0.3) is 5.56 Å². The van der Waals surface area contributed by atoms with Gasteiger partial charge in [0.2, 0.25) is 0 Å². The molecule has 0 aliphatic rings. The van der Waals surface area contributed by atoms with Gasteiger partial charge in [0, 0.05) is 13.1 Å². The van der Waals surface area contributed by atoms with Gasteiger partial charge in [0.15, 0.2) is 0 Å². The molecule has 0 saturated carbocycles. The number of nitrogens with two attached hydrogens (primary N) is 1. The number of hydrogen-bond acceptors (Lipinski definition) is 5. The number of thioether (sulfide) groups is 1. The van der Waals surface area contributed by atoms with Crippen LogP contribution in [-0.4, -0.2) is 28.1 Å². The lowest BCUT2D eigenvalue weighted by molar-refractivity contribution is 0.642. The molecule has 0 radical (unpaired) electrons. The van der Waals surface area contributed by atoms with E-state index in [1.807, 2.05) is 18.7 Å². The number of aromatic amines is 1. The van der Waals surface area contributed by atoms with Crippen LogP contribution in [0.3, 0.4) is 0 Å². The van der Waals surface area contributed by atoms with Gasteiger partial charge in [0.1, 0.15) is 11.5 Å². The van der Waals surface area contributed by atoms with E-state index in [2.05, 4.69) is 16.6 Å². The number of hydrogen-bond donors (Lipinski definition) is 3. The molecule has 0 spiro atoms. The van der Waals surface area contributed by atoms with Gasteiger partial charge in [-0.15, -0.1) is 0 Å². The molecule has 7 heteroatoms. The topological polar surface area (TPSA) is 92.9 Å². The molecule has 0 aliphatic heterocycles. The lowest BCUT2D eigenvalue weighted by Crippen LogP contribution is -2.34. The van der Waals surface area contributed by atoms with Crippen LogP contribution in [0.25, 0.3) is 0 Å². The number of nitrogen functional groups attached to an aromatic ring is 1. The van der Waals surface area contributed by atoms with Crippen LogP contribution in [0.15, 0.2) is 9.59 Å². The monoisotopic (exact) mass is 300 g/mol. The van der Waals surface area contributed by atoms with E-state index in [4.69, 9.17) is 5.73 Å². The predicted octanol–water partition coefficient (Wildman–Crippen LogP) is 1.47. The summed E-state index contributed by atoms with van der Waals surface area (Å²) in [6.07, 6.45) is 6.14. The van der Waals surface area contributed by atoms with Gasteiger partial charge in [-0.25, -0.2) is 4.79 Å². The minimum atomic E-state index is -0.445. The molecule has 0 unspecified atom stereocenters. The maximum atomic E-state index is 11.8. The second kappa shape index (κ2) is 8.73. The van der Waals surface area contributed by atoms with Crippen LogP contribution in [0.4, 0.5) is 11.5 Å². The summed E-state index contributed by atoms with van der Waals surface area (Å²) in [5, 5.41) is 3.05. The van der Waals surface area contributed by atoms with Gasteiger partial charge in [-0.05, 0) is 31.3 Å². The van der Waals surface area contributed by atoms with Crippen LogP contribution in [0, 0.1) is 0 Å². The van der Waals surface area contributed by atoms with Gasteiger partial charge in [-0.2, -0.15) is 11.8 Å². The Bertz CT molecular complexity index is 524. The lowest BCUT2D eigenvalue weighted by atomic mass is 10.2. The molecule has 1 heterocycles. The SMILES string of the molecule is CCCn1c(N)c(NCCCCCSC)c(=O)[nH]c1=O. The minimum absolute atomic E-state index is 0.227. The van der Waals surface area contributed by atoms with E-state index in [1.165, 1.54) is 11.0 Å². The molecule has 6 nitrogen and oxygen atoms in total. The molecule has 20 heavy (non-hydrogen) atoms. The number of rotatable bonds is 9. The third-order valence-electron chi connectivity index (χ3n) is 3.01. The Kier molecular flexibility index (Phi) is 7.28. The number of anilines is 2. The standard InChI is InChI=1S/C13H24N4O2S/c1-3-8-17-11(14)10(12(18)16-13(17)19)15-7-5-4-6-9-20-2/h15H,3-9,14H2,1-2H3,(H,16,18,19). The molecule has 0 amide bonds. The third kappa shape index (κ3) is 4.63. The van der Waals surface area contributed by atoms with E-state index in [9.17, 15) is 9.59 Å². The first-order valence-electron chi connectivity index (χ1n) is 6.97. The van der Waals surface area contributed by atoms with Crippen LogP contribution >= 0.6 is 11.8 Å². The van der Waals surface area contributed by atoms with Gasteiger partial charge < -0.3 is 11.1 Å². The van der Waals surface area contributed by atoms with Crippen molar-refractivity contribution in [1.29, 1.82) is 0 Å². The Morgan fingerprint density at radius 1 is 1.30 bits per heavy atom. The van der Waals surface area contributed by atoms with Crippen molar-refractivity contribution in [2.45, 2.75) is 39.2 Å². The molecule has 0 aliphatic carbocycles. The van der Waals surface area contributed by atoms with Gasteiger partial charge in [-0.1, -0.05) is 13.3 Å². The van der Waals surface area contributed by atoms with Crippen LogP contribution < -0.4 is 22.3 Å². The number of aromatic nitrogens is 2. The molecule has 0 saturated heterocycles. The molecule has 0 fully saturated rings. The average molecular weight is 300 g/mol. The van der Waals surface area contributed by atoms with E-state index in [0.717, 1.165) is 25.0 Å². The smallest absolute Gasteiger partial charge is 0.330 e. The fourth-order valence-electron chi connectivity index (χ4n) is 1.97. The Balaban J connectivity index is 2.68. The summed E-state index contributed by atoms with van der Waals surface area (Å²) in [7, 11) is 0. The zero-order chi connectivity index (χ0) is 15.0. The molecule has 1 aromatic rings. The highest BCUT2D eigenvalue weighted by atomic mass is 32.2. The van der Waals surface area contributed by atoms with Gasteiger partial charge in [-0.3, -0.25) is 14.3 Å². The zero-order valence-electron chi connectivity index (χ0n) is 12.2. The molecule has 114 valence electrons. The lowest BCUT2D eigenvalue weighted by Gasteiger charge is -2.13. The maximum Gasteiger partial charge on any atom is 0.330 e. The van der Waals surface area contributed by atoms with Gasteiger partial charge in [0.05, 0.1) is 0 Å². The first-order chi connectivity index (χ1) is 9.61. The van der Waals surface area contributed by atoms with Crippen molar-refractivity contribution in [1.82, 2.24) is 9.55 Å². The molecule has 0 aromatic carbocycles. The minimum Gasteiger partial charge on any atom is -0.383 e. The van der Waals surface area contributed by atoms with Crippen molar-refractivity contribution in [3.05, 3.63) is 20.8 Å². The van der Waals surface area contributed by atoms with Crippen molar-refractivity contribution in [2.75, 3.05) is 29.6 Å². The molecule has 0 atom stereocenters. The number of nitrogens with zero attached hydrogens (tertiary/aromatic N) is 1. The number of unbranched alkanes of at least 4 members (excludes halogenated alkanes) is 2. The van der Waals surface area contributed by atoms with Crippen LogP contribution in [0.1, 0.15) is 32.6 Å². The number of H-pyrrole nitrogens is 1. The normalized spacial score (nSPS) is 10.7. The van der Waals surface area contributed by atoms with E-state index in [1.54, 1.807) is 0 Å². The van der Waals surface area contributed by atoms with Crippen LogP contribution in [0.2, 0.25) is 0 Å². The second-order valence-electron chi connectivity index (χ2n) is 4.65. The molecule has 1 rings (SSSR count). The molecular weight excluding hydrogens is 276 g/mol. The molecule has 1 aromatic heterocycles. The fourth-order valence-corrected chi connectivity index (χ4v) is 2.46. The van der Waals surface area contributed by atoms with Crippen LogP contribution in [-0.2, 0) is 6.54 Å². The first kappa shape index (κ1) is 16.7. The molecular formula is C13H24N4O2S. The summed E-state index contributed by atoms with van der Waals surface area (Å²) in [5.74, 6) is 1.38. The summed E-state index contributed by atoms with van der Waals surface area (Å²) in [4.78, 5) is 25.7. The van der Waals surface area contributed by atoms with Crippen molar-refractivity contribution >= 4 is 23.3 Å². The van der Waals surface area contributed by atoms with E-state index < -0.39 is 11.2 Å². The Hall–Kier alpha value is -1.37. The fraction of sp³-hybridized carbons (Fsp3) is 0.692. The Morgan fingerprint density at radius 3 is 2.70 bits per heavy atom. The van der Waals surface area contributed by atoms with Crippen molar-refractivity contribution in [3.63, 3.8) is 0 Å². The summed E-state index contributed by atoms with van der Waals surface area (Å²) in [6.45, 7) is 3.14.